The molecule has 0 radical (unpaired) electrons. The Morgan fingerprint density at radius 3 is 2.70 bits per heavy atom. The van der Waals surface area contributed by atoms with Crippen molar-refractivity contribution in [3.8, 4) is 0 Å². The highest BCUT2D eigenvalue weighted by molar-refractivity contribution is 6.03. The van der Waals surface area contributed by atoms with Gasteiger partial charge in [0.1, 0.15) is 5.82 Å². The number of nitrogens with zero attached hydrogens (tertiary/aromatic N) is 2. The Morgan fingerprint density at radius 1 is 1.45 bits per heavy atom. The van der Waals surface area contributed by atoms with Crippen molar-refractivity contribution in [2.24, 2.45) is 5.16 Å². The summed E-state index contributed by atoms with van der Waals surface area (Å²) in [6.45, 7) is 1.16. The number of hydrogen-bond donors (Lipinski definition) is 1. The van der Waals surface area contributed by atoms with Gasteiger partial charge < -0.3 is 10.2 Å². The number of oxime groups is 1. The maximum Gasteiger partial charge on any atom is 0.432 e. The smallest absolute Gasteiger partial charge is 0.379 e. The molecule has 1 aromatic heterocycles. The molecule has 1 unspecified atom stereocenters. The van der Waals surface area contributed by atoms with Crippen molar-refractivity contribution in [2.45, 2.75) is 25.1 Å². The molecule has 0 aliphatic carbocycles. The van der Waals surface area contributed by atoms with Gasteiger partial charge >= 0.3 is 6.18 Å². The summed E-state index contributed by atoms with van der Waals surface area (Å²) in [6.07, 6.45) is -3.29. The Kier molecular flexibility index (Phi) is 3.36. The summed E-state index contributed by atoms with van der Waals surface area (Å²) < 4.78 is 50.2. The van der Waals surface area contributed by atoms with Gasteiger partial charge in [-0.3, -0.25) is 9.78 Å². The highest BCUT2D eigenvalue weighted by Gasteiger charge is 2.50. The maximum atomic E-state index is 12.9. The standard InChI is InChI=1S/C11H9F4N3O2/c1-10(3-8(18-20-10)11(13,14)15)9(19)17-7-2-6(12)4-16-5-7/h2,4-5H,3H2,1H3,(H,17,19). The van der Waals surface area contributed by atoms with E-state index < -0.39 is 35.6 Å². The van der Waals surface area contributed by atoms with Crippen LogP contribution >= 0.6 is 0 Å². The summed E-state index contributed by atoms with van der Waals surface area (Å²) >= 11 is 0. The number of pyridine rings is 1. The topological polar surface area (TPSA) is 63.6 Å². The average molecular weight is 291 g/mol. The van der Waals surface area contributed by atoms with E-state index in [9.17, 15) is 22.4 Å². The van der Waals surface area contributed by atoms with Gasteiger partial charge in [0.25, 0.3) is 5.91 Å². The molecule has 1 atom stereocenters. The highest BCUT2D eigenvalue weighted by atomic mass is 19.4. The monoisotopic (exact) mass is 291 g/mol. The van der Waals surface area contributed by atoms with E-state index in [1.165, 1.54) is 0 Å². The third-order valence-electron chi connectivity index (χ3n) is 2.63. The van der Waals surface area contributed by atoms with Gasteiger partial charge in [-0.1, -0.05) is 5.16 Å². The molecule has 9 heteroatoms. The number of rotatable bonds is 2. The molecule has 108 valence electrons. The molecular weight excluding hydrogens is 282 g/mol. The first kappa shape index (κ1) is 14.2. The van der Waals surface area contributed by atoms with Crippen molar-refractivity contribution < 1.29 is 27.2 Å². The van der Waals surface area contributed by atoms with E-state index in [1.807, 2.05) is 0 Å². The zero-order valence-electron chi connectivity index (χ0n) is 10.2. The molecule has 0 saturated heterocycles. The summed E-state index contributed by atoms with van der Waals surface area (Å²) in [4.78, 5) is 20.0. The molecule has 1 aliphatic rings. The lowest BCUT2D eigenvalue weighted by Gasteiger charge is -2.20. The van der Waals surface area contributed by atoms with Gasteiger partial charge in [0.2, 0.25) is 5.60 Å². The molecule has 5 nitrogen and oxygen atoms in total. The number of nitrogens with one attached hydrogen (secondary N) is 1. The van der Waals surface area contributed by atoms with E-state index in [-0.39, 0.29) is 5.69 Å². The molecule has 0 bridgehead atoms. The van der Waals surface area contributed by atoms with E-state index >= 15 is 0 Å². The van der Waals surface area contributed by atoms with Gasteiger partial charge in [0, 0.05) is 6.07 Å². The lowest BCUT2D eigenvalue weighted by molar-refractivity contribution is -0.135. The van der Waals surface area contributed by atoms with Crippen LogP contribution in [-0.2, 0) is 9.63 Å². The van der Waals surface area contributed by atoms with Crippen LogP contribution in [0.25, 0.3) is 0 Å². The van der Waals surface area contributed by atoms with Crippen LogP contribution in [0.1, 0.15) is 13.3 Å². The first-order chi connectivity index (χ1) is 9.21. The molecular formula is C11H9F4N3O2. The number of halogens is 4. The molecule has 0 spiro atoms. The lowest BCUT2D eigenvalue weighted by atomic mass is 9.98. The first-order valence-corrected chi connectivity index (χ1v) is 5.45. The van der Waals surface area contributed by atoms with Crippen LogP contribution in [0, 0.1) is 5.82 Å². The SMILES string of the molecule is CC1(C(=O)Nc2cncc(F)c2)CC(C(F)(F)F)=NO1. The van der Waals surface area contributed by atoms with Crippen LogP contribution in [0.15, 0.2) is 23.6 Å². The van der Waals surface area contributed by atoms with Crippen LogP contribution in [0.3, 0.4) is 0 Å². The lowest BCUT2D eigenvalue weighted by Crippen LogP contribution is -2.41. The second-order valence-electron chi connectivity index (χ2n) is 4.38. The van der Waals surface area contributed by atoms with E-state index in [0.29, 0.717) is 0 Å². The minimum atomic E-state index is -4.65. The molecule has 1 N–H and O–H groups in total. The number of anilines is 1. The minimum absolute atomic E-state index is 0.0142. The Bertz CT molecular complexity index is 573. The molecule has 20 heavy (non-hydrogen) atoms. The Balaban J connectivity index is 2.08. The molecule has 2 heterocycles. The predicted octanol–water partition coefficient (Wildman–Crippen LogP) is 2.26. The summed E-state index contributed by atoms with van der Waals surface area (Å²) in [7, 11) is 0. The third kappa shape index (κ3) is 2.86. The molecule has 0 aromatic carbocycles. The van der Waals surface area contributed by atoms with E-state index in [4.69, 9.17) is 0 Å². The quantitative estimate of drug-likeness (QED) is 0.850. The normalized spacial score (nSPS) is 22.1. The van der Waals surface area contributed by atoms with Gasteiger partial charge in [-0.2, -0.15) is 13.2 Å². The Morgan fingerprint density at radius 2 is 2.15 bits per heavy atom. The van der Waals surface area contributed by atoms with E-state index in [2.05, 4.69) is 20.3 Å². The zero-order chi connectivity index (χ0) is 15.0. The van der Waals surface area contributed by atoms with E-state index in [1.54, 1.807) is 0 Å². The predicted molar refractivity (Wildman–Crippen MR) is 60.4 cm³/mol. The van der Waals surface area contributed by atoms with Crippen LogP contribution in [0.4, 0.5) is 23.2 Å². The van der Waals surface area contributed by atoms with Crippen LogP contribution in [-0.4, -0.2) is 28.4 Å². The van der Waals surface area contributed by atoms with Crippen LogP contribution < -0.4 is 5.32 Å². The fraction of sp³-hybridized carbons (Fsp3) is 0.364. The Labute approximate surface area is 110 Å². The highest BCUT2D eigenvalue weighted by Crippen LogP contribution is 2.32. The van der Waals surface area contributed by atoms with Crippen molar-refractivity contribution in [1.82, 2.24) is 4.98 Å². The number of carbonyl (C=O) groups excluding carboxylic acids is 1. The summed E-state index contributed by atoms with van der Waals surface area (Å²) in [5, 5.41) is 5.11. The number of aromatic nitrogens is 1. The van der Waals surface area contributed by atoms with Crippen molar-refractivity contribution in [3.63, 3.8) is 0 Å². The molecule has 0 saturated carbocycles. The molecule has 1 amide bonds. The van der Waals surface area contributed by atoms with Crippen LogP contribution in [0.5, 0.6) is 0 Å². The van der Waals surface area contributed by atoms with Crippen molar-refractivity contribution in [1.29, 1.82) is 0 Å². The average Bonchev–Trinajstić information content (AvgIpc) is 2.73. The number of amides is 1. The summed E-state index contributed by atoms with van der Waals surface area (Å²) in [5.41, 5.74) is -2.95. The van der Waals surface area contributed by atoms with Gasteiger partial charge in [0.15, 0.2) is 5.71 Å². The van der Waals surface area contributed by atoms with Crippen molar-refractivity contribution >= 4 is 17.3 Å². The largest absolute Gasteiger partial charge is 0.432 e. The molecule has 1 aromatic rings. The van der Waals surface area contributed by atoms with Crippen molar-refractivity contribution in [3.05, 3.63) is 24.3 Å². The number of alkyl halides is 3. The van der Waals surface area contributed by atoms with Gasteiger partial charge in [0.05, 0.1) is 24.5 Å². The minimum Gasteiger partial charge on any atom is -0.379 e. The summed E-state index contributed by atoms with van der Waals surface area (Å²) in [6, 6.07) is 0.981. The fourth-order valence-corrected chi connectivity index (χ4v) is 1.56. The number of carbonyl (C=O) groups is 1. The molecule has 1 aliphatic heterocycles. The fourth-order valence-electron chi connectivity index (χ4n) is 1.56. The molecule has 2 rings (SSSR count). The zero-order valence-corrected chi connectivity index (χ0v) is 10.2. The van der Waals surface area contributed by atoms with Gasteiger partial charge in [-0.05, 0) is 6.92 Å². The third-order valence-corrected chi connectivity index (χ3v) is 2.63. The maximum absolute atomic E-state index is 12.9. The number of hydrogen-bond acceptors (Lipinski definition) is 4. The Hall–Kier alpha value is -2.19. The van der Waals surface area contributed by atoms with Crippen molar-refractivity contribution in [2.75, 3.05) is 5.32 Å². The van der Waals surface area contributed by atoms with Gasteiger partial charge in [-0.15, -0.1) is 0 Å². The second kappa shape index (κ2) is 4.73. The first-order valence-electron chi connectivity index (χ1n) is 5.45. The van der Waals surface area contributed by atoms with Gasteiger partial charge in [-0.25, -0.2) is 4.39 Å². The summed E-state index contributed by atoms with van der Waals surface area (Å²) in [5.74, 6) is -1.56. The van der Waals surface area contributed by atoms with Crippen LogP contribution in [0.2, 0.25) is 0 Å². The van der Waals surface area contributed by atoms with E-state index in [0.717, 1.165) is 25.4 Å². The molecule has 0 fully saturated rings. The second-order valence-corrected chi connectivity index (χ2v) is 4.38.